The highest BCUT2D eigenvalue weighted by atomic mass is 16.1. The summed E-state index contributed by atoms with van der Waals surface area (Å²) in [4.78, 5) is 24.7. The van der Waals surface area contributed by atoms with Crippen LogP contribution in [0.3, 0.4) is 0 Å². The summed E-state index contributed by atoms with van der Waals surface area (Å²) in [5, 5.41) is 2.73. The third-order valence-electron chi connectivity index (χ3n) is 2.30. The van der Waals surface area contributed by atoms with E-state index in [9.17, 15) is 9.59 Å². The Morgan fingerprint density at radius 2 is 1.83 bits per heavy atom. The number of carbonyl (C=O) groups excluding carboxylic acids is 2. The monoisotopic (exact) mass is 246 g/mol. The molecule has 0 heterocycles. The molecule has 18 heavy (non-hydrogen) atoms. The van der Waals surface area contributed by atoms with Crippen molar-refractivity contribution < 1.29 is 9.59 Å². The molecule has 1 aromatic carbocycles. The van der Waals surface area contributed by atoms with E-state index in [2.05, 4.69) is 5.32 Å². The molecule has 4 nitrogen and oxygen atoms in total. The second kappa shape index (κ2) is 6.59. The van der Waals surface area contributed by atoms with Crippen LogP contribution in [0.2, 0.25) is 0 Å². The normalized spacial score (nSPS) is 10.4. The number of amides is 1. The predicted molar refractivity (Wildman–Crippen MR) is 72.5 cm³/mol. The highest BCUT2D eigenvalue weighted by Crippen LogP contribution is 2.10. The van der Waals surface area contributed by atoms with Gasteiger partial charge in [0.25, 0.3) is 0 Å². The fourth-order valence-corrected chi connectivity index (χ4v) is 1.28. The predicted octanol–water partition coefficient (Wildman–Crippen LogP) is 2.29. The topological polar surface area (TPSA) is 49.4 Å². The summed E-state index contributed by atoms with van der Waals surface area (Å²) in [5.74, 6) is -0.0985. The first-order valence-corrected chi connectivity index (χ1v) is 5.81. The largest absolute Gasteiger partial charge is 0.383 e. The van der Waals surface area contributed by atoms with Gasteiger partial charge in [-0.1, -0.05) is 6.92 Å². The Labute approximate surface area is 107 Å². The Morgan fingerprint density at radius 1 is 1.22 bits per heavy atom. The smallest absolute Gasteiger partial charge is 0.224 e. The third-order valence-corrected chi connectivity index (χ3v) is 2.30. The standard InChI is InChI=1S/C14H18N2O2/c1-4-14(18)15-12-7-5-11(6-8-12)13(17)9-10-16(2)3/h5-10H,4H2,1-3H3,(H,15,18)/b10-9+. The van der Waals surface area contributed by atoms with Crippen molar-refractivity contribution in [2.24, 2.45) is 0 Å². The van der Waals surface area contributed by atoms with Crippen molar-refractivity contribution in [3.8, 4) is 0 Å². The molecule has 1 rings (SSSR count). The van der Waals surface area contributed by atoms with E-state index in [-0.39, 0.29) is 11.7 Å². The van der Waals surface area contributed by atoms with Gasteiger partial charge in [0, 0.05) is 44.0 Å². The molecule has 0 aliphatic heterocycles. The minimum atomic E-state index is -0.0583. The SMILES string of the molecule is CCC(=O)Nc1ccc(C(=O)/C=C/N(C)C)cc1. The molecule has 0 atom stereocenters. The lowest BCUT2D eigenvalue weighted by Gasteiger charge is -2.05. The second-order valence-electron chi connectivity index (χ2n) is 4.12. The summed E-state index contributed by atoms with van der Waals surface area (Å²) in [6.45, 7) is 1.79. The molecule has 0 aromatic heterocycles. The van der Waals surface area contributed by atoms with Gasteiger partial charge in [-0.15, -0.1) is 0 Å². The van der Waals surface area contributed by atoms with Gasteiger partial charge in [0.05, 0.1) is 0 Å². The van der Waals surface area contributed by atoms with Crippen LogP contribution in [0, 0.1) is 0 Å². The molecule has 0 spiro atoms. The quantitative estimate of drug-likeness (QED) is 0.640. The van der Waals surface area contributed by atoms with Crippen LogP contribution in [0.5, 0.6) is 0 Å². The summed E-state index contributed by atoms with van der Waals surface area (Å²) in [6, 6.07) is 6.86. The summed E-state index contributed by atoms with van der Waals surface area (Å²) < 4.78 is 0. The molecule has 1 amide bonds. The zero-order valence-electron chi connectivity index (χ0n) is 10.9. The molecule has 96 valence electrons. The number of ketones is 1. The van der Waals surface area contributed by atoms with Gasteiger partial charge >= 0.3 is 0 Å². The Kier molecular flexibility index (Phi) is 5.11. The van der Waals surface area contributed by atoms with E-state index >= 15 is 0 Å². The van der Waals surface area contributed by atoms with Crippen LogP contribution in [0.1, 0.15) is 23.7 Å². The van der Waals surface area contributed by atoms with E-state index in [0.29, 0.717) is 17.7 Å². The van der Waals surface area contributed by atoms with Crippen LogP contribution in [0.25, 0.3) is 0 Å². The van der Waals surface area contributed by atoms with Crippen molar-refractivity contribution >= 4 is 17.4 Å². The van der Waals surface area contributed by atoms with Crippen molar-refractivity contribution in [3.63, 3.8) is 0 Å². The highest BCUT2D eigenvalue weighted by molar-refractivity contribution is 6.04. The van der Waals surface area contributed by atoms with Crippen molar-refractivity contribution in [3.05, 3.63) is 42.1 Å². The number of carbonyl (C=O) groups is 2. The summed E-state index contributed by atoms with van der Waals surface area (Å²) >= 11 is 0. The molecule has 0 radical (unpaired) electrons. The molecular weight excluding hydrogens is 228 g/mol. The first-order valence-electron chi connectivity index (χ1n) is 5.81. The molecule has 0 fully saturated rings. The van der Waals surface area contributed by atoms with Crippen LogP contribution < -0.4 is 5.32 Å². The van der Waals surface area contributed by atoms with Crippen molar-refractivity contribution in [2.75, 3.05) is 19.4 Å². The number of hydrogen-bond donors (Lipinski definition) is 1. The first-order chi connectivity index (χ1) is 8.52. The lowest BCUT2D eigenvalue weighted by Crippen LogP contribution is -2.09. The van der Waals surface area contributed by atoms with Crippen LogP contribution in [-0.4, -0.2) is 30.7 Å². The van der Waals surface area contributed by atoms with E-state index in [0.717, 1.165) is 0 Å². The molecule has 0 saturated heterocycles. The molecule has 4 heteroatoms. The Balaban J connectivity index is 2.70. The lowest BCUT2D eigenvalue weighted by molar-refractivity contribution is -0.115. The van der Waals surface area contributed by atoms with E-state index in [4.69, 9.17) is 0 Å². The Hall–Kier alpha value is -2.10. The van der Waals surface area contributed by atoms with Crippen LogP contribution in [-0.2, 0) is 4.79 Å². The first kappa shape index (κ1) is 14.0. The molecule has 0 unspecified atom stereocenters. The number of allylic oxidation sites excluding steroid dienone is 1. The number of anilines is 1. The van der Waals surface area contributed by atoms with Gasteiger partial charge in [-0.05, 0) is 24.3 Å². The maximum absolute atomic E-state index is 11.7. The maximum atomic E-state index is 11.7. The summed E-state index contributed by atoms with van der Waals surface area (Å²) in [5.41, 5.74) is 1.30. The van der Waals surface area contributed by atoms with Gasteiger partial charge in [0.15, 0.2) is 5.78 Å². The maximum Gasteiger partial charge on any atom is 0.224 e. The molecule has 0 saturated carbocycles. The van der Waals surface area contributed by atoms with E-state index in [1.165, 1.54) is 6.08 Å². The number of nitrogens with zero attached hydrogens (tertiary/aromatic N) is 1. The number of hydrogen-bond acceptors (Lipinski definition) is 3. The summed E-state index contributed by atoms with van der Waals surface area (Å²) in [7, 11) is 3.71. The molecular formula is C14H18N2O2. The molecule has 0 bridgehead atoms. The molecule has 1 N–H and O–H groups in total. The third kappa shape index (κ3) is 4.41. The van der Waals surface area contributed by atoms with Gasteiger partial charge in [-0.2, -0.15) is 0 Å². The average Bonchev–Trinajstić information content (AvgIpc) is 2.36. The van der Waals surface area contributed by atoms with Gasteiger partial charge in [-0.3, -0.25) is 9.59 Å². The second-order valence-corrected chi connectivity index (χ2v) is 4.12. The fraction of sp³-hybridized carbons (Fsp3) is 0.286. The van der Waals surface area contributed by atoms with Crippen molar-refractivity contribution in [2.45, 2.75) is 13.3 Å². The van der Waals surface area contributed by atoms with Crippen LogP contribution in [0.15, 0.2) is 36.5 Å². The molecule has 0 aliphatic carbocycles. The molecule has 1 aromatic rings. The number of rotatable bonds is 5. The summed E-state index contributed by atoms with van der Waals surface area (Å²) in [6.07, 6.45) is 3.65. The van der Waals surface area contributed by atoms with Crippen LogP contribution >= 0.6 is 0 Å². The number of nitrogens with one attached hydrogen (secondary N) is 1. The minimum absolute atomic E-state index is 0.0402. The van der Waals surface area contributed by atoms with Gasteiger partial charge in [0.2, 0.25) is 5.91 Å². The molecule has 0 aliphatic rings. The zero-order valence-corrected chi connectivity index (χ0v) is 10.9. The highest BCUT2D eigenvalue weighted by Gasteiger charge is 2.03. The minimum Gasteiger partial charge on any atom is -0.383 e. The van der Waals surface area contributed by atoms with Gasteiger partial charge < -0.3 is 10.2 Å². The van der Waals surface area contributed by atoms with Gasteiger partial charge in [-0.25, -0.2) is 0 Å². The number of benzene rings is 1. The zero-order chi connectivity index (χ0) is 13.5. The van der Waals surface area contributed by atoms with Gasteiger partial charge in [0.1, 0.15) is 0 Å². The average molecular weight is 246 g/mol. The Bertz CT molecular complexity index is 447. The van der Waals surface area contributed by atoms with Crippen molar-refractivity contribution in [1.29, 1.82) is 0 Å². The van der Waals surface area contributed by atoms with E-state index in [1.54, 1.807) is 42.3 Å². The van der Waals surface area contributed by atoms with Crippen molar-refractivity contribution in [1.82, 2.24) is 4.90 Å². The van der Waals surface area contributed by atoms with E-state index in [1.807, 2.05) is 14.1 Å². The van der Waals surface area contributed by atoms with E-state index < -0.39 is 0 Å². The van der Waals surface area contributed by atoms with Crippen LogP contribution in [0.4, 0.5) is 5.69 Å². The Morgan fingerprint density at radius 3 is 2.33 bits per heavy atom. The fourth-order valence-electron chi connectivity index (χ4n) is 1.28. The lowest BCUT2D eigenvalue weighted by atomic mass is 10.1.